The predicted molar refractivity (Wildman–Crippen MR) is 72.7 cm³/mol. The van der Waals surface area contributed by atoms with E-state index in [4.69, 9.17) is 10.5 Å². The Morgan fingerprint density at radius 2 is 2.15 bits per heavy atom. The highest BCUT2D eigenvalue weighted by molar-refractivity contribution is 5.77. The van der Waals surface area contributed by atoms with E-state index in [9.17, 15) is 4.79 Å². The van der Waals surface area contributed by atoms with Gasteiger partial charge in [0.2, 0.25) is 0 Å². The highest BCUT2D eigenvalue weighted by Crippen LogP contribution is 2.11. The SMILES string of the molecule is CN(Cc1ncn[nH]1)C(=O)COc1ccc(CN)cc1. The fraction of sp³-hybridized carbons (Fsp3) is 0.308. The fourth-order valence-electron chi connectivity index (χ4n) is 1.60. The topological polar surface area (TPSA) is 97.1 Å². The summed E-state index contributed by atoms with van der Waals surface area (Å²) in [6.45, 7) is 0.833. The van der Waals surface area contributed by atoms with Crippen molar-refractivity contribution in [3.63, 3.8) is 0 Å². The zero-order chi connectivity index (χ0) is 14.4. The lowest BCUT2D eigenvalue weighted by atomic mass is 10.2. The van der Waals surface area contributed by atoms with Crippen molar-refractivity contribution < 1.29 is 9.53 Å². The summed E-state index contributed by atoms with van der Waals surface area (Å²) in [7, 11) is 1.69. The molecule has 1 aromatic carbocycles. The molecule has 0 aliphatic carbocycles. The molecular weight excluding hydrogens is 258 g/mol. The van der Waals surface area contributed by atoms with Crippen LogP contribution < -0.4 is 10.5 Å². The van der Waals surface area contributed by atoms with Crippen molar-refractivity contribution in [3.8, 4) is 5.75 Å². The van der Waals surface area contributed by atoms with Crippen LogP contribution >= 0.6 is 0 Å². The molecule has 0 bridgehead atoms. The Labute approximate surface area is 116 Å². The molecular formula is C13H17N5O2. The number of hydrogen-bond acceptors (Lipinski definition) is 5. The van der Waals surface area contributed by atoms with Crippen molar-refractivity contribution in [2.75, 3.05) is 13.7 Å². The maximum atomic E-state index is 11.9. The average molecular weight is 275 g/mol. The molecule has 3 N–H and O–H groups in total. The second-order valence-electron chi connectivity index (χ2n) is 4.32. The van der Waals surface area contributed by atoms with Crippen molar-refractivity contribution in [2.24, 2.45) is 5.73 Å². The smallest absolute Gasteiger partial charge is 0.260 e. The molecule has 0 saturated carbocycles. The molecule has 2 rings (SSSR count). The lowest BCUT2D eigenvalue weighted by Gasteiger charge is -2.16. The molecule has 0 unspecified atom stereocenters. The molecule has 1 aromatic heterocycles. The van der Waals surface area contributed by atoms with Gasteiger partial charge in [0.1, 0.15) is 17.9 Å². The molecule has 7 nitrogen and oxygen atoms in total. The van der Waals surface area contributed by atoms with Gasteiger partial charge < -0.3 is 15.4 Å². The van der Waals surface area contributed by atoms with E-state index in [1.165, 1.54) is 11.2 Å². The number of nitrogens with two attached hydrogens (primary N) is 1. The lowest BCUT2D eigenvalue weighted by molar-refractivity contribution is -0.132. The van der Waals surface area contributed by atoms with Crippen LogP contribution in [0.15, 0.2) is 30.6 Å². The molecule has 0 atom stereocenters. The zero-order valence-corrected chi connectivity index (χ0v) is 11.2. The molecule has 7 heteroatoms. The number of aromatic amines is 1. The Morgan fingerprint density at radius 1 is 1.40 bits per heavy atom. The third kappa shape index (κ3) is 3.79. The standard InChI is InChI=1S/C13H17N5O2/c1-18(7-12-15-9-16-17-12)13(19)8-20-11-4-2-10(6-14)3-5-11/h2-5,9H,6-8,14H2,1H3,(H,15,16,17). The normalized spacial score (nSPS) is 10.3. The van der Waals surface area contributed by atoms with Gasteiger partial charge in [0.25, 0.3) is 5.91 Å². The minimum absolute atomic E-state index is 0.0212. The van der Waals surface area contributed by atoms with Crippen LogP contribution in [0.1, 0.15) is 11.4 Å². The van der Waals surface area contributed by atoms with E-state index in [-0.39, 0.29) is 12.5 Å². The molecule has 106 valence electrons. The summed E-state index contributed by atoms with van der Waals surface area (Å²) in [5.74, 6) is 1.14. The Kier molecular flexibility index (Phi) is 4.67. The van der Waals surface area contributed by atoms with Crippen molar-refractivity contribution in [1.82, 2.24) is 20.1 Å². The van der Waals surface area contributed by atoms with Crippen LogP contribution in [0.4, 0.5) is 0 Å². The summed E-state index contributed by atoms with van der Waals surface area (Å²) in [6.07, 6.45) is 1.41. The van der Waals surface area contributed by atoms with E-state index in [0.29, 0.717) is 24.7 Å². The largest absolute Gasteiger partial charge is 0.484 e. The molecule has 1 amide bonds. The summed E-state index contributed by atoms with van der Waals surface area (Å²) in [5.41, 5.74) is 6.53. The molecule has 0 saturated heterocycles. The second kappa shape index (κ2) is 6.67. The number of carbonyl (C=O) groups excluding carboxylic acids is 1. The number of nitrogens with one attached hydrogen (secondary N) is 1. The maximum absolute atomic E-state index is 11.9. The van der Waals surface area contributed by atoms with Gasteiger partial charge in [-0.25, -0.2) is 4.98 Å². The Morgan fingerprint density at radius 3 is 2.75 bits per heavy atom. The van der Waals surface area contributed by atoms with Crippen molar-refractivity contribution in [1.29, 1.82) is 0 Å². The minimum atomic E-state index is -0.135. The number of amides is 1. The number of likely N-dealkylation sites (N-methyl/N-ethyl adjacent to an activating group) is 1. The maximum Gasteiger partial charge on any atom is 0.260 e. The van der Waals surface area contributed by atoms with Gasteiger partial charge in [-0.15, -0.1) is 0 Å². The van der Waals surface area contributed by atoms with E-state index in [2.05, 4.69) is 15.2 Å². The van der Waals surface area contributed by atoms with E-state index < -0.39 is 0 Å². The number of carbonyl (C=O) groups is 1. The molecule has 0 fully saturated rings. The number of rotatable bonds is 6. The van der Waals surface area contributed by atoms with Crippen LogP contribution in [0.5, 0.6) is 5.75 Å². The highest BCUT2D eigenvalue weighted by Gasteiger charge is 2.11. The number of H-pyrrole nitrogens is 1. The molecule has 1 heterocycles. The van der Waals surface area contributed by atoms with Crippen LogP contribution in [0.3, 0.4) is 0 Å². The summed E-state index contributed by atoms with van der Waals surface area (Å²) in [6, 6.07) is 7.34. The van der Waals surface area contributed by atoms with Gasteiger partial charge in [-0.1, -0.05) is 12.1 Å². The third-order valence-corrected chi connectivity index (χ3v) is 2.80. The van der Waals surface area contributed by atoms with Crippen LogP contribution in [-0.2, 0) is 17.9 Å². The predicted octanol–water partition coefficient (Wildman–Crippen LogP) is 0.301. The van der Waals surface area contributed by atoms with E-state index >= 15 is 0 Å². The quantitative estimate of drug-likeness (QED) is 0.790. The second-order valence-corrected chi connectivity index (χ2v) is 4.32. The first-order valence-corrected chi connectivity index (χ1v) is 6.19. The zero-order valence-electron chi connectivity index (χ0n) is 11.2. The average Bonchev–Trinajstić information content (AvgIpc) is 2.98. The van der Waals surface area contributed by atoms with Crippen LogP contribution in [-0.4, -0.2) is 39.6 Å². The summed E-state index contributed by atoms with van der Waals surface area (Å²) >= 11 is 0. The summed E-state index contributed by atoms with van der Waals surface area (Å²) < 4.78 is 5.43. The van der Waals surface area contributed by atoms with Gasteiger partial charge in [-0.3, -0.25) is 9.89 Å². The summed E-state index contributed by atoms with van der Waals surface area (Å²) in [4.78, 5) is 17.4. The third-order valence-electron chi connectivity index (χ3n) is 2.80. The Bertz CT molecular complexity index is 538. The molecule has 0 aliphatic rings. The van der Waals surface area contributed by atoms with Crippen molar-refractivity contribution in [3.05, 3.63) is 42.0 Å². The fourth-order valence-corrected chi connectivity index (χ4v) is 1.60. The monoisotopic (exact) mass is 275 g/mol. The van der Waals surface area contributed by atoms with Crippen LogP contribution in [0.25, 0.3) is 0 Å². The van der Waals surface area contributed by atoms with E-state index in [0.717, 1.165) is 5.56 Å². The van der Waals surface area contributed by atoms with Gasteiger partial charge >= 0.3 is 0 Å². The number of hydrogen-bond donors (Lipinski definition) is 2. The number of benzene rings is 1. The van der Waals surface area contributed by atoms with Gasteiger partial charge in [-0.2, -0.15) is 5.10 Å². The van der Waals surface area contributed by atoms with Gasteiger partial charge in [0.05, 0.1) is 6.54 Å². The van der Waals surface area contributed by atoms with Crippen molar-refractivity contribution in [2.45, 2.75) is 13.1 Å². The van der Waals surface area contributed by atoms with Crippen LogP contribution in [0, 0.1) is 0 Å². The number of aromatic nitrogens is 3. The van der Waals surface area contributed by atoms with Gasteiger partial charge in [-0.05, 0) is 17.7 Å². The summed E-state index contributed by atoms with van der Waals surface area (Å²) in [5, 5.41) is 6.43. The van der Waals surface area contributed by atoms with E-state index in [1.807, 2.05) is 12.1 Å². The number of nitrogens with zero attached hydrogens (tertiary/aromatic N) is 3. The molecule has 0 radical (unpaired) electrons. The highest BCUT2D eigenvalue weighted by atomic mass is 16.5. The molecule has 0 aliphatic heterocycles. The molecule has 2 aromatic rings. The first-order chi connectivity index (χ1) is 9.69. The number of ether oxygens (including phenoxy) is 1. The van der Waals surface area contributed by atoms with E-state index in [1.54, 1.807) is 19.2 Å². The first kappa shape index (κ1) is 14.0. The van der Waals surface area contributed by atoms with Crippen LogP contribution in [0.2, 0.25) is 0 Å². The van der Waals surface area contributed by atoms with Gasteiger partial charge in [0, 0.05) is 13.6 Å². The minimum Gasteiger partial charge on any atom is -0.484 e. The van der Waals surface area contributed by atoms with Gasteiger partial charge in [0.15, 0.2) is 6.61 Å². The van der Waals surface area contributed by atoms with Crippen molar-refractivity contribution >= 4 is 5.91 Å². The Balaban J connectivity index is 1.81. The molecule has 20 heavy (non-hydrogen) atoms. The first-order valence-electron chi connectivity index (χ1n) is 6.19. The lowest BCUT2D eigenvalue weighted by Crippen LogP contribution is -2.31. The molecule has 0 spiro atoms. The Hall–Kier alpha value is -2.41.